The van der Waals surface area contributed by atoms with Crippen molar-refractivity contribution in [1.29, 1.82) is 0 Å². The number of carboxylic acid groups (broad SMARTS) is 1. The Morgan fingerprint density at radius 3 is 2.48 bits per heavy atom. The average Bonchev–Trinajstić information content (AvgIpc) is 3.06. The van der Waals surface area contributed by atoms with Crippen LogP contribution in [0.4, 0.5) is 4.79 Å². The lowest BCUT2D eigenvalue weighted by Gasteiger charge is -2.18. The SMILES string of the molecule is O=C(NC1CCCC1C(=O)O)NC1CC1c1ccccc1. The molecule has 5 heteroatoms. The topological polar surface area (TPSA) is 78.4 Å². The minimum absolute atomic E-state index is 0.164. The highest BCUT2D eigenvalue weighted by Gasteiger charge is 2.40. The third-order valence-electron chi connectivity index (χ3n) is 4.48. The van der Waals surface area contributed by atoms with E-state index in [9.17, 15) is 9.59 Å². The van der Waals surface area contributed by atoms with Gasteiger partial charge in [-0.25, -0.2) is 4.79 Å². The Hall–Kier alpha value is -2.04. The summed E-state index contributed by atoms with van der Waals surface area (Å²) in [5, 5.41) is 14.9. The second kappa shape index (κ2) is 5.76. The molecule has 0 spiro atoms. The third-order valence-corrected chi connectivity index (χ3v) is 4.48. The lowest BCUT2D eigenvalue weighted by atomic mass is 10.0. The van der Waals surface area contributed by atoms with Crippen LogP contribution in [0.25, 0.3) is 0 Å². The second-order valence-corrected chi connectivity index (χ2v) is 5.96. The Kier molecular flexibility index (Phi) is 3.82. The Bertz CT molecular complexity index is 532. The molecule has 0 saturated heterocycles. The van der Waals surface area contributed by atoms with E-state index in [1.807, 2.05) is 18.2 Å². The smallest absolute Gasteiger partial charge is 0.315 e. The van der Waals surface area contributed by atoms with Crippen LogP contribution in [0.3, 0.4) is 0 Å². The highest BCUT2D eigenvalue weighted by molar-refractivity contribution is 5.77. The van der Waals surface area contributed by atoms with Gasteiger partial charge in [0.15, 0.2) is 0 Å². The molecule has 1 aromatic rings. The summed E-state index contributed by atoms with van der Waals surface area (Å²) in [6.07, 6.45) is 3.20. The fourth-order valence-electron chi connectivity index (χ4n) is 3.23. The van der Waals surface area contributed by atoms with E-state index in [1.54, 1.807) is 0 Å². The molecule has 4 unspecified atom stereocenters. The highest BCUT2D eigenvalue weighted by Crippen LogP contribution is 2.40. The van der Waals surface area contributed by atoms with Crippen molar-refractivity contribution in [2.45, 2.75) is 43.7 Å². The fourth-order valence-corrected chi connectivity index (χ4v) is 3.23. The first kappa shape index (κ1) is 13.9. The largest absolute Gasteiger partial charge is 0.481 e. The number of urea groups is 1. The van der Waals surface area contributed by atoms with Gasteiger partial charge < -0.3 is 15.7 Å². The van der Waals surface area contributed by atoms with Gasteiger partial charge in [-0.1, -0.05) is 36.8 Å². The number of carbonyl (C=O) groups is 2. The van der Waals surface area contributed by atoms with Crippen LogP contribution in [-0.4, -0.2) is 29.2 Å². The van der Waals surface area contributed by atoms with E-state index in [1.165, 1.54) is 5.56 Å². The molecule has 112 valence electrons. The van der Waals surface area contributed by atoms with E-state index in [-0.39, 0.29) is 18.1 Å². The van der Waals surface area contributed by atoms with E-state index >= 15 is 0 Å². The number of carboxylic acids is 1. The lowest BCUT2D eigenvalue weighted by Crippen LogP contribution is -2.46. The first-order chi connectivity index (χ1) is 10.1. The molecule has 0 bridgehead atoms. The standard InChI is InChI=1S/C16H20N2O3/c19-15(20)11-7-4-8-13(11)17-16(21)18-14-9-12(14)10-5-2-1-3-6-10/h1-3,5-6,11-14H,4,7-9H2,(H,19,20)(H2,17,18,21). The molecule has 2 aliphatic carbocycles. The molecule has 21 heavy (non-hydrogen) atoms. The van der Waals surface area contributed by atoms with Crippen LogP contribution in [0, 0.1) is 5.92 Å². The molecule has 0 aromatic heterocycles. The van der Waals surface area contributed by atoms with Gasteiger partial charge in [0.2, 0.25) is 0 Å². The van der Waals surface area contributed by atoms with Gasteiger partial charge in [-0.05, 0) is 24.8 Å². The van der Waals surface area contributed by atoms with Gasteiger partial charge in [0, 0.05) is 18.0 Å². The molecular weight excluding hydrogens is 268 g/mol. The minimum atomic E-state index is -0.814. The van der Waals surface area contributed by atoms with Crippen molar-refractivity contribution in [3.8, 4) is 0 Å². The normalized spacial score (nSPS) is 30.7. The Labute approximate surface area is 123 Å². The Balaban J connectivity index is 1.49. The van der Waals surface area contributed by atoms with Crippen molar-refractivity contribution in [2.75, 3.05) is 0 Å². The number of aliphatic carboxylic acids is 1. The van der Waals surface area contributed by atoms with Crippen LogP contribution in [0.5, 0.6) is 0 Å². The van der Waals surface area contributed by atoms with E-state index in [2.05, 4.69) is 22.8 Å². The van der Waals surface area contributed by atoms with Gasteiger partial charge in [-0.2, -0.15) is 0 Å². The van der Waals surface area contributed by atoms with Crippen molar-refractivity contribution in [3.63, 3.8) is 0 Å². The number of hydrogen-bond donors (Lipinski definition) is 3. The summed E-state index contributed by atoms with van der Waals surface area (Å²) in [7, 11) is 0. The number of nitrogens with one attached hydrogen (secondary N) is 2. The summed E-state index contributed by atoms with van der Waals surface area (Å²) in [6.45, 7) is 0. The molecule has 3 rings (SSSR count). The summed E-state index contributed by atoms with van der Waals surface area (Å²) in [6, 6.07) is 9.81. The maximum Gasteiger partial charge on any atom is 0.315 e. The second-order valence-electron chi connectivity index (χ2n) is 5.96. The van der Waals surface area contributed by atoms with Gasteiger partial charge in [-0.15, -0.1) is 0 Å². The van der Waals surface area contributed by atoms with Gasteiger partial charge >= 0.3 is 12.0 Å². The van der Waals surface area contributed by atoms with Crippen molar-refractivity contribution in [2.24, 2.45) is 5.92 Å². The van der Waals surface area contributed by atoms with Gasteiger partial charge in [0.25, 0.3) is 0 Å². The van der Waals surface area contributed by atoms with Crippen molar-refractivity contribution < 1.29 is 14.7 Å². The van der Waals surface area contributed by atoms with Crippen LogP contribution in [0.15, 0.2) is 30.3 Å². The quantitative estimate of drug-likeness (QED) is 0.794. The monoisotopic (exact) mass is 288 g/mol. The number of carbonyl (C=O) groups excluding carboxylic acids is 1. The molecule has 2 amide bonds. The molecule has 0 heterocycles. The predicted octanol–water partition coefficient (Wildman–Crippen LogP) is 2.09. The third kappa shape index (κ3) is 3.17. The number of amides is 2. The summed E-state index contributed by atoms with van der Waals surface area (Å²) < 4.78 is 0. The zero-order valence-corrected chi connectivity index (χ0v) is 11.8. The van der Waals surface area contributed by atoms with Crippen molar-refractivity contribution >= 4 is 12.0 Å². The summed E-state index contributed by atoms with van der Waals surface area (Å²) >= 11 is 0. The molecule has 2 fully saturated rings. The highest BCUT2D eigenvalue weighted by atomic mass is 16.4. The molecule has 2 saturated carbocycles. The number of rotatable bonds is 4. The van der Waals surface area contributed by atoms with Gasteiger partial charge in [-0.3, -0.25) is 4.79 Å². The van der Waals surface area contributed by atoms with Crippen LogP contribution < -0.4 is 10.6 Å². The maximum atomic E-state index is 12.0. The zero-order chi connectivity index (χ0) is 14.8. The fraction of sp³-hybridized carbons (Fsp3) is 0.500. The van der Waals surface area contributed by atoms with E-state index in [0.717, 1.165) is 19.3 Å². The zero-order valence-electron chi connectivity index (χ0n) is 11.8. The molecule has 0 radical (unpaired) electrons. The first-order valence-corrected chi connectivity index (χ1v) is 7.50. The van der Waals surface area contributed by atoms with Gasteiger partial charge in [0.1, 0.15) is 0 Å². The van der Waals surface area contributed by atoms with Crippen LogP contribution >= 0.6 is 0 Å². The van der Waals surface area contributed by atoms with Crippen LogP contribution in [0.2, 0.25) is 0 Å². The lowest BCUT2D eigenvalue weighted by molar-refractivity contribution is -0.142. The number of benzene rings is 1. The van der Waals surface area contributed by atoms with E-state index in [4.69, 9.17) is 5.11 Å². The molecule has 1 aromatic carbocycles. The summed E-state index contributed by atoms with van der Waals surface area (Å²) in [4.78, 5) is 23.1. The first-order valence-electron chi connectivity index (χ1n) is 7.50. The van der Waals surface area contributed by atoms with Crippen LogP contribution in [0.1, 0.15) is 37.2 Å². The molecule has 5 nitrogen and oxygen atoms in total. The summed E-state index contributed by atoms with van der Waals surface area (Å²) in [5.41, 5.74) is 1.24. The van der Waals surface area contributed by atoms with E-state index in [0.29, 0.717) is 12.3 Å². The molecule has 3 N–H and O–H groups in total. The molecule has 4 atom stereocenters. The van der Waals surface area contributed by atoms with Gasteiger partial charge in [0.05, 0.1) is 5.92 Å². The van der Waals surface area contributed by atoms with Crippen molar-refractivity contribution in [3.05, 3.63) is 35.9 Å². The average molecular weight is 288 g/mol. The van der Waals surface area contributed by atoms with E-state index < -0.39 is 11.9 Å². The number of hydrogen-bond acceptors (Lipinski definition) is 2. The molecule has 0 aliphatic heterocycles. The van der Waals surface area contributed by atoms with Crippen LogP contribution in [-0.2, 0) is 4.79 Å². The Morgan fingerprint density at radius 2 is 1.76 bits per heavy atom. The predicted molar refractivity (Wildman–Crippen MR) is 78.0 cm³/mol. The maximum absolute atomic E-state index is 12.0. The molecular formula is C16H20N2O3. The molecule has 2 aliphatic rings. The minimum Gasteiger partial charge on any atom is -0.481 e. The summed E-state index contributed by atoms with van der Waals surface area (Å²) in [5.74, 6) is -0.873. The van der Waals surface area contributed by atoms with Crippen molar-refractivity contribution in [1.82, 2.24) is 10.6 Å². The Morgan fingerprint density at radius 1 is 1.05 bits per heavy atom.